The van der Waals surface area contributed by atoms with Gasteiger partial charge in [-0.25, -0.2) is 0 Å². The second kappa shape index (κ2) is 5.70. The Labute approximate surface area is 113 Å². The number of nitrogens with two attached hydrogens (primary N) is 1. The van der Waals surface area contributed by atoms with Gasteiger partial charge in [-0.3, -0.25) is 4.90 Å². The van der Waals surface area contributed by atoms with Gasteiger partial charge in [-0.1, -0.05) is 6.07 Å². The van der Waals surface area contributed by atoms with Crippen molar-refractivity contribution < 1.29 is 4.74 Å². The highest BCUT2D eigenvalue weighted by Crippen LogP contribution is 2.24. The first-order chi connectivity index (χ1) is 8.83. The Balaban J connectivity index is 1.48. The lowest BCUT2D eigenvalue weighted by Gasteiger charge is -2.37. The first kappa shape index (κ1) is 12.6. The summed E-state index contributed by atoms with van der Waals surface area (Å²) < 4.78 is 5.96. The van der Waals surface area contributed by atoms with Crippen molar-refractivity contribution >= 4 is 11.3 Å². The summed E-state index contributed by atoms with van der Waals surface area (Å²) in [6.45, 7) is 3.16. The number of nitrogens with zero attached hydrogens (tertiary/aromatic N) is 1. The molecule has 100 valence electrons. The van der Waals surface area contributed by atoms with Gasteiger partial charge >= 0.3 is 0 Å². The Morgan fingerprint density at radius 1 is 1.56 bits per heavy atom. The van der Waals surface area contributed by atoms with Crippen LogP contribution in [0.2, 0.25) is 0 Å². The van der Waals surface area contributed by atoms with Crippen molar-refractivity contribution in [3.05, 3.63) is 22.4 Å². The van der Waals surface area contributed by atoms with Crippen LogP contribution in [0.1, 0.15) is 24.1 Å². The summed E-state index contributed by atoms with van der Waals surface area (Å²) >= 11 is 1.82. The van der Waals surface area contributed by atoms with Crippen LogP contribution in [0.4, 0.5) is 0 Å². The third-order valence-corrected chi connectivity index (χ3v) is 5.13. The van der Waals surface area contributed by atoms with E-state index in [1.54, 1.807) is 0 Å². The summed E-state index contributed by atoms with van der Waals surface area (Å²) in [6, 6.07) is 5.15. The van der Waals surface area contributed by atoms with Crippen LogP contribution in [0, 0.1) is 0 Å². The number of aryl methyl sites for hydroxylation is 1. The van der Waals surface area contributed by atoms with E-state index in [4.69, 9.17) is 10.5 Å². The zero-order valence-corrected chi connectivity index (χ0v) is 11.6. The van der Waals surface area contributed by atoms with Gasteiger partial charge in [0.25, 0.3) is 0 Å². The molecular formula is C14H22N2OS. The SMILES string of the molecule is NC(CCc1cccs1)C1CN2CCCC2CO1. The van der Waals surface area contributed by atoms with E-state index < -0.39 is 0 Å². The molecule has 0 aliphatic carbocycles. The van der Waals surface area contributed by atoms with Gasteiger partial charge in [0.15, 0.2) is 0 Å². The first-order valence-corrected chi connectivity index (χ1v) is 7.84. The molecule has 2 saturated heterocycles. The van der Waals surface area contributed by atoms with Gasteiger partial charge in [0.1, 0.15) is 0 Å². The normalized spacial score (nSPS) is 30.3. The van der Waals surface area contributed by atoms with Gasteiger partial charge in [-0.05, 0) is 43.7 Å². The van der Waals surface area contributed by atoms with Crippen molar-refractivity contribution in [2.45, 2.75) is 43.9 Å². The van der Waals surface area contributed by atoms with Crippen molar-refractivity contribution in [2.24, 2.45) is 5.73 Å². The molecule has 2 N–H and O–H groups in total. The summed E-state index contributed by atoms with van der Waals surface area (Å²) in [5, 5.41) is 2.13. The van der Waals surface area contributed by atoms with E-state index in [1.807, 2.05) is 11.3 Å². The molecule has 1 aromatic rings. The lowest BCUT2D eigenvalue weighted by Crippen LogP contribution is -2.52. The summed E-state index contributed by atoms with van der Waals surface area (Å²) in [5.41, 5.74) is 6.30. The van der Waals surface area contributed by atoms with E-state index in [-0.39, 0.29) is 12.1 Å². The van der Waals surface area contributed by atoms with Crippen LogP contribution in [-0.4, -0.2) is 42.8 Å². The number of rotatable bonds is 4. The van der Waals surface area contributed by atoms with E-state index >= 15 is 0 Å². The van der Waals surface area contributed by atoms with Crippen molar-refractivity contribution in [1.29, 1.82) is 0 Å². The van der Waals surface area contributed by atoms with E-state index in [0.717, 1.165) is 26.0 Å². The molecule has 0 spiro atoms. The number of morpholine rings is 1. The van der Waals surface area contributed by atoms with E-state index in [9.17, 15) is 0 Å². The molecule has 3 rings (SSSR count). The van der Waals surface area contributed by atoms with Crippen LogP contribution in [0.5, 0.6) is 0 Å². The fraction of sp³-hybridized carbons (Fsp3) is 0.714. The maximum Gasteiger partial charge on any atom is 0.0853 e. The Bertz CT molecular complexity index is 368. The number of fused-ring (bicyclic) bond motifs is 1. The molecule has 0 saturated carbocycles. The van der Waals surface area contributed by atoms with Gasteiger partial charge in [0.2, 0.25) is 0 Å². The molecule has 0 bridgehead atoms. The highest BCUT2D eigenvalue weighted by atomic mass is 32.1. The molecule has 0 aromatic carbocycles. The molecule has 18 heavy (non-hydrogen) atoms. The molecule has 0 radical (unpaired) electrons. The molecule has 3 atom stereocenters. The van der Waals surface area contributed by atoms with Gasteiger partial charge in [-0.15, -0.1) is 11.3 Å². The average Bonchev–Trinajstić information content (AvgIpc) is 3.05. The molecule has 0 amide bonds. The standard InChI is InChI=1S/C14H22N2OS/c15-13(6-5-12-4-2-8-18-12)14-9-16-7-1-3-11(16)10-17-14/h2,4,8,11,13-14H,1,3,5-7,9-10,15H2. The molecule has 1 aromatic heterocycles. The summed E-state index contributed by atoms with van der Waals surface area (Å²) in [6.07, 6.45) is 4.98. The largest absolute Gasteiger partial charge is 0.374 e. The van der Waals surface area contributed by atoms with Gasteiger partial charge in [0, 0.05) is 23.5 Å². The predicted octanol–water partition coefficient (Wildman–Crippen LogP) is 1.87. The van der Waals surface area contributed by atoms with Gasteiger partial charge in [0.05, 0.1) is 12.7 Å². The zero-order chi connectivity index (χ0) is 12.4. The second-order valence-corrected chi connectivity index (χ2v) is 6.48. The average molecular weight is 266 g/mol. The van der Waals surface area contributed by atoms with Crippen LogP contribution in [0.25, 0.3) is 0 Å². The minimum Gasteiger partial charge on any atom is -0.374 e. The van der Waals surface area contributed by atoms with Gasteiger partial charge in [-0.2, -0.15) is 0 Å². The van der Waals surface area contributed by atoms with E-state index in [0.29, 0.717) is 6.04 Å². The van der Waals surface area contributed by atoms with Crippen LogP contribution >= 0.6 is 11.3 Å². The highest BCUT2D eigenvalue weighted by molar-refractivity contribution is 7.09. The summed E-state index contributed by atoms with van der Waals surface area (Å²) in [5.74, 6) is 0. The lowest BCUT2D eigenvalue weighted by atomic mass is 10.0. The monoisotopic (exact) mass is 266 g/mol. The van der Waals surface area contributed by atoms with Crippen molar-refractivity contribution in [3.8, 4) is 0 Å². The molecule has 2 aliphatic rings. The quantitative estimate of drug-likeness (QED) is 0.904. The highest BCUT2D eigenvalue weighted by Gasteiger charge is 2.34. The summed E-state index contributed by atoms with van der Waals surface area (Å²) in [7, 11) is 0. The lowest BCUT2D eigenvalue weighted by molar-refractivity contribution is -0.0599. The topological polar surface area (TPSA) is 38.5 Å². The van der Waals surface area contributed by atoms with Crippen molar-refractivity contribution in [1.82, 2.24) is 4.90 Å². The number of hydrogen-bond donors (Lipinski definition) is 1. The molecule has 3 heterocycles. The van der Waals surface area contributed by atoms with Gasteiger partial charge < -0.3 is 10.5 Å². The maximum atomic E-state index is 6.30. The molecular weight excluding hydrogens is 244 g/mol. The number of hydrogen-bond acceptors (Lipinski definition) is 4. The van der Waals surface area contributed by atoms with Crippen molar-refractivity contribution in [2.75, 3.05) is 19.7 Å². The number of thiophene rings is 1. The zero-order valence-electron chi connectivity index (χ0n) is 10.8. The number of ether oxygens (including phenoxy) is 1. The molecule has 4 heteroatoms. The molecule has 3 nitrogen and oxygen atoms in total. The maximum absolute atomic E-state index is 6.30. The summed E-state index contributed by atoms with van der Waals surface area (Å²) in [4.78, 5) is 4.00. The first-order valence-electron chi connectivity index (χ1n) is 6.96. The van der Waals surface area contributed by atoms with E-state index in [2.05, 4.69) is 22.4 Å². The predicted molar refractivity (Wildman–Crippen MR) is 75.0 cm³/mol. The fourth-order valence-corrected chi connectivity index (χ4v) is 3.78. The van der Waals surface area contributed by atoms with Crippen LogP contribution in [-0.2, 0) is 11.2 Å². The van der Waals surface area contributed by atoms with Crippen LogP contribution in [0.3, 0.4) is 0 Å². The third-order valence-electron chi connectivity index (χ3n) is 4.20. The third kappa shape index (κ3) is 2.77. The van der Waals surface area contributed by atoms with Crippen LogP contribution in [0.15, 0.2) is 17.5 Å². The molecule has 2 fully saturated rings. The minimum absolute atomic E-state index is 0.175. The Kier molecular flexibility index (Phi) is 3.99. The van der Waals surface area contributed by atoms with Crippen molar-refractivity contribution in [3.63, 3.8) is 0 Å². The Morgan fingerprint density at radius 2 is 2.50 bits per heavy atom. The minimum atomic E-state index is 0.175. The second-order valence-electron chi connectivity index (χ2n) is 5.44. The Hall–Kier alpha value is -0.420. The van der Waals surface area contributed by atoms with Crippen LogP contribution < -0.4 is 5.73 Å². The smallest absolute Gasteiger partial charge is 0.0853 e. The Morgan fingerprint density at radius 3 is 3.33 bits per heavy atom. The van der Waals surface area contributed by atoms with E-state index in [1.165, 1.54) is 24.3 Å². The molecule has 2 aliphatic heterocycles. The fourth-order valence-electron chi connectivity index (χ4n) is 3.05. The molecule has 3 unspecified atom stereocenters.